The maximum absolute atomic E-state index is 5.47. The SMILES string of the molecule is CC(C)CCOCCNCc1ncc[nH]1. The molecule has 0 spiro atoms. The molecule has 0 fully saturated rings. The Morgan fingerprint density at radius 2 is 2.33 bits per heavy atom. The van der Waals surface area contributed by atoms with Crippen LogP contribution in [0.2, 0.25) is 0 Å². The van der Waals surface area contributed by atoms with Crippen LogP contribution in [-0.4, -0.2) is 29.7 Å². The van der Waals surface area contributed by atoms with Crippen molar-refractivity contribution in [1.82, 2.24) is 15.3 Å². The van der Waals surface area contributed by atoms with Gasteiger partial charge in [-0.15, -0.1) is 0 Å². The van der Waals surface area contributed by atoms with Gasteiger partial charge >= 0.3 is 0 Å². The van der Waals surface area contributed by atoms with Crippen molar-refractivity contribution >= 4 is 0 Å². The maximum Gasteiger partial charge on any atom is 0.120 e. The van der Waals surface area contributed by atoms with Gasteiger partial charge in [0, 0.05) is 25.5 Å². The van der Waals surface area contributed by atoms with Crippen molar-refractivity contribution in [2.75, 3.05) is 19.8 Å². The molecule has 0 unspecified atom stereocenters. The number of nitrogens with one attached hydrogen (secondary N) is 2. The first-order valence-corrected chi connectivity index (χ1v) is 5.55. The van der Waals surface area contributed by atoms with E-state index in [4.69, 9.17) is 4.74 Å². The quantitative estimate of drug-likeness (QED) is 0.642. The number of nitrogens with zero attached hydrogens (tertiary/aromatic N) is 1. The molecule has 15 heavy (non-hydrogen) atoms. The number of hydrogen-bond acceptors (Lipinski definition) is 3. The summed E-state index contributed by atoms with van der Waals surface area (Å²) < 4.78 is 5.47. The molecule has 1 rings (SSSR count). The van der Waals surface area contributed by atoms with Gasteiger partial charge in [0.25, 0.3) is 0 Å². The smallest absolute Gasteiger partial charge is 0.120 e. The van der Waals surface area contributed by atoms with E-state index in [1.807, 2.05) is 6.20 Å². The van der Waals surface area contributed by atoms with E-state index >= 15 is 0 Å². The van der Waals surface area contributed by atoms with Crippen molar-refractivity contribution in [3.8, 4) is 0 Å². The van der Waals surface area contributed by atoms with Crippen LogP contribution in [0.15, 0.2) is 12.4 Å². The van der Waals surface area contributed by atoms with Crippen LogP contribution in [0.3, 0.4) is 0 Å². The van der Waals surface area contributed by atoms with Gasteiger partial charge in [0.1, 0.15) is 5.82 Å². The van der Waals surface area contributed by atoms with E-state index < -0.39 is 0 Å². The van der Waals surface area contributed by atoms with Crippen molar-refractivity contribution in [3.05, 3.63) is 18.2 Å². The number of aromatic nitrogens is 2. The van der Waals surface area contributed by atoms with Crippen molar-refractivity contribution in [2.24, 2.45) is 5.92 Å². The fourth-order valence-corrected chi connectivity index (χ4v) is 1.17. The van der Waals surface area contributed by atoms with Crippen LogP contribution in [0.1, 0.15) is 26.1 Å². The van der Waals surface area contributed by atoms with E-state index in [0.717, 1.165) is 44.5 Å². The molecular formula is C11H21N3O. The zero-order valence-electron chi connectivity index (χ0n) is 9.62. The van der Waals surface area contributed by atoms with E-state index in [9.17, 15) is 0 Å². The lowest BCUT2D eigenvalue weighted by atomic mass is 10.1. The molecule has 0 aliphatic rings. The predicted molar refractivity (Wildman–Crippen MR) is 60.6 cm³/mol. The Hall–Kier alpha value is -0.870. The van der Waals surface area contributed by atoms with E-state index in [1.54, 1.807) is 6.20 Å². The molecule has 1 heterocycles. The van der Waals surface area contributed by atoms with Gasteiger partial charge in [-0.05, 0) is 12.3 Å². The summed E-state index contributed by atoms with van der Waals surface area (Å²) in [5.74, 6) is 1.69. The second-order valence-electron chi connectivity index (χ2n) is 4.01. The molecule has 0 atom stereocenters. The van der Waals surface area contributed by atoms with Crippen LogP contribution < -0.4 is 5.32 Å². The van der Waals surface area contributed by atoms with Crippen LogP contribution in [0.4, 0.5) is 0 Å². The molecule has 2 N–H and O–H groups in total. The lowest BCUT2D eigenvalue weighted by Crippen LogP contribution is -2.20. The monoisotopic (exact) mass is 211 g/mol. The summed E-state index contributed by atoms with van der Waals surface area (Å²) >= 11 is 0. The van der Waals surface area contributed by atoms with Crippen molar-refractivity contribution < 1.29 is 4.74 Å². The molecule has 0 aliphatic carbocycles. The first kappa shape index (κ1) is 12.2. The van der Waals surface area contributed by atoms with Gasteiger partial charge < -0.3 is 15.0 Å². The summed E-state index contributed by atoms with van der Waals surface area (Å²) in [5, 5.41) is 3.26. The molecule has 0 amide bonds. The highest BCUT2D eigenvalue weighted by atomic mass is 16.5. The minimum atomic E-state index is 0.723. The number of H-pyrrole nitrogens is 1. The fourth-order valence-electron chi connectivity index (χ4n) is 1.17. The number of rotatable bonds is 8. The lowest BCUT2D eigenvalue weighted by Gasteiger charge is -2.06. The molecule has 4 heteroatoms. The normalized spacial score (nSPS) is 11.1. The Morgan fingerprint density at radius 3 is 3.00 bits per heavy atom. The first-order chi connectivity index (χ1) is 7.29. The molecule has 0 radical (unpaired) electrons. The second kappa shape index (κ2) is 7.43. The molecule has 86 valence electrons. The molecular weight excluding hydrogens is 190 g/mol. The third kappa shape index (κ3) is 6.25. The number of imidazole rings is 1. The first-order valence-electron chi connectivity index (χ1n) is 5.55. The van der Waals surface area contributed by atoms with Gasteiger partial charge in [-0.2, -0.15) is 0 Å². The lowest BCUT2D eigenvalue weighted by molar-refractivity contribution is 0.125. The van der Waals surface area contributed by atoms with E-state index in [-0.39, 0.29) is 0 Å². The van der Waals surface area contributed by atoms with Gasteiger partial charge in [0.2, 0.25) is 0 Å². The molecule has 0 bridgehead atoms. The summed E-state index contributed by atoms with van der Waals surface area (Å²) in [6.45, 7) is 7.70. The van der Waals surface area contributed by atoms with Crippen molar-refractivity contribution in [2.45, 2.75) is 26.8 Å². The number of aromatic amines is 1. The Balaban J connectivity index is 1.85. The van der Waals surface area contributed by atoms with Gasteiger partial charge in [0.05, 0.1) is 13.2 Å². The van der Waals surface area contributed by atoms with Crippen molar-refractivity contribution in [3.63, 3.8) is 0 Å². The van der Waals surface area contributed by atoms with Gasteiger partial charge in [0.15, 0.2) is 0 Å². The average Bonchev–Trinajstić information content (AvgIpc) is 2.68. The summed E-state index contributed by atoms with van der Waals surface area (Å²) in [6, 6.07) is 0. The highest BCUT2D eigenvalue weighted by Crippen LogP contribution is 1.98. The standard InChI is InChI=1S/C11H21N3O/c1-10(2)3-7-15-8-6-12-9-11-13-4-5-14-11/h4-5,10,12H,3,6-9H2,1-2H3,(H,13,14). The minimum absolute atomic E-state index is 0.723. The van der Waals surface area contributed by atoms with E-state index in [1.165, 1.54) is 0 Å². The van der Waals surface area contributed by atoms with Gasteiger partial charge in [-0.3, -0.25) is 0 Å². The molecule has 1 aromatic rings. The Labute approximate surface area is 91.4 Å². The third-order valence-corrected chi connectivity index (χ3v) is 2.11. The average molecular weight is 211 g/mol. The fraction of sp³-hybridized carbons (Fsp3) is 0.727. The number of ether oxygens (including phenoxy) is 1. The van der Waals surface area contributed by atoms with Crippen LogP contribution in [0.25, 0.3) is 0 Å². The Morgan fingerprint density at radius 1 is 1.47 bits per heavy atom. The zero-order valence-corrected chi connectivity index (χ0v) is 9.62. The third-order valence-electron chi connectivity index (χ3n) is 2.11. The van der Waals surface area contributed by atoms with E-state index in [2.05, 4.69) is 29.1 Å². The molecule has 1 aromatic heterocycles. The second-order valence-corrected chi connectivity index (χ2v) is 4.01. The minimum Gasteiger partial charge on any atom is -0.380 e. The molecule has 0 aliphatic heterocycles. The van der Waals surface area contributed by atoms with Crippen LogP contribution in [-0.2, 0) is 11.3 Å². The summed E-state index contributed by atoms with van der Waals surface area (Å²) in [4.78, 5) is 7.15. The Kier molecular flexibility index (Phi) is 6.04. The highest BCUT2D eigenvalue weighted by Gasteiger charge is 1.95. The zero-order chi connectivity index (χ0) is 10.9. The largest absolute Gasteiger partial charge is 0.380 e. The molecule has 0 saturated heterocycles. The van der Waals surface area contributed by atoms with Gasteiger partial charge in [-0.25, -0.2) is 4.98 Å². The summed E-state index contributed by atoms with van der Waals surface area (Å²) in [5.41, 5.74) is 0. The molecule has 4 nitrogen and oxygen atoms in total. The maximum atomic E-state index is 5.47. The Bertz CT molecular complexity index is 234. The number of hydrogen-bond donors (Lipinski definition) is 2. The topological polar surface area (TPSA) is 49.9 Å². The summed E-state index contributed by atoms with van der Waals surface area (Å²) in [6.07, 6.45) is 4.73. The van der Waals surface area contributed by atoms with E-state index in [0.29, 0.717) is 0 Å². The van der Waals surface area contributed by atoms with Crippen LogP contribution >= 0.6 is 0 Å². The van der Waals surface area contributed by atoms with Crippen LogP contribution in [0, 0.1) is 5.92 Å². The molecule has 0 saturated carbocycles. The highest BCUT2D eigenvalue weighted by molar-refractivity contribution is 4.85. The van der Waals surface area contributed by atoms with Gasteiger partial charge in [-0.1, -0.05) is 13.8 Å². The predicted octanol–water partition coefficient (Wildman–Crippen LogP) is 1.56. The van der Waals surface area contributed by atoms with Crippen molar-refractivity contribution in [1.29, 1.82) is 0 Å². The van der Waals surface area contributed by atoms with Crippen LogP contribution in [0.5, 0.6) is 0 Å². The summed E-state index contributed by atoms with van der Waals surface area (Å²) in [7, 11) is 0. The molecule has 0 aromatic carbocycles.